The number of imide groups is 1. The first kappa shape index (κ1) is 16.9. The summed E-state index contributed by atoms with van der Waals surface area (Å²) in [6.45, 7) is 1.79. The number of aryl methyl sites for hydroxylation is 1. The lowest BCUT2D eigenvalue weighted by atomic mass is 9.68. The number of sulfonamides is 1. The average molecular weight is 376 g/mol. The number of carbonyl (C=O) groups excluding carboxylic acids is 3. The van der Waals surface area contributed by atoms with Crippen molar-refractivity contribution in [3.8, 4) is 0 Å². The van der Waals surface area contributed by atoms with Gasteiger partial charge in [-0.25, -0.2) is 12.7 Å². The van der Waals surface area contributed by atoms with Crippen LogP contribution in [0.5, 0.6) is 0 Å². The first-order valence-corrected chi connectivity index (χ1v) is 9.43. The van der Waals surface area contributed by atoms with Gasteiger partial charge in [-0.2, -0.15) is 0 Å². The molecule has 2 fully saturated rings. The summed E-state index contributed by atoms with van der Waals surface area (Å²) in [5, 5.41) is 10.8. The lowest BCUT2D eigenvalue weighted by molar-refractivity contribution is -0.165. The number of nitrogens with zero attached hydrogens (tertiary/aromatic N) is 2. The van der Waals surface area contributed by atoms with E-state index in [0.717, 1.165) is 16.5 Å². The Hall–Kier alpha value is -2.52. The van der Waals surface area contributed by atoms with Gasteiger partial charge in [0, 0.05) is 7.05 Å². The minimum Gasteiger partial charge on any atom is -0.375 e. The van der Waals surface area contributed by atoms with E-state index in [2.05, 4.69) is 0 Å². The number of likely N-dealkylation sites (tertiary alicyclic amines) is 1. The van der Waals surface area contributed by atoms with Crippen molar-refractivity contribution in [2.24, 2.45) is 11.8 Å². The predicted molar refractivity (Wildman–Crippen MR) is 87.8 cm³/mol. The predicted octanol–water partition coefficient (Wildman–Crippen LogP) is -0.574. The van der Waals surface area contributed by atoms with Crippen molar-refractivity contribution in [2.75, 3.05) is 7.05 Å². The number of carbonyl (C=O) groups is 3. The van der Waals surface area contributed by atoms with Crippen LogP contribution in [0.3, 0.4) is 0 Å². The van der Waals surface area contributed by atoms with E-state index in [1.54, 1.807) is 19.1 Å². The van der Waals surface area contributed by atoms with Gasteiger partial charge in [-0.15, -0.1) is 0 Å². The van der Waals surface area contributed by atoms with Crippen molar-refractivity contribution < 1.29 is 27.9 Å². The number of hydrogen-bond acceptors (Lipinski definition) is 6. The van der Waals surface area contributed by atoms with Crippen molar-refractivity contribution in [1.29, 1.82) is 0 Å². The number of rotatable bonds is 2. The summed E-state index contributed by atoms with van der Waals surface area (Å²) >= 11 is 0. The number of fused-ring (bicyclic) bond motifs is 1. The highest BCUT2D eigenvalue weighted by atomic mass is 32.2. The molecule has 1 aromatic carbocycles. The summed E-state index contributed by atoms with van der Waals surface area (Å²) in [5.41, 5.74) is -1.51. The molecule has 1 N–H and O–H groups in total. The SMILES string of the molecule is Cc1ccc(S(=O)(=O)N2C(=O)[C@@]3(O)C=CC2[C@@H]2C(=O)N(C)C(=O)[C@@H]23)cc1. The van der Waals surface area contributed by atoms with Crippen LogP contribution in [0.15, 0.2) is 41.3 Å². The highest BCUT2D eigenvalue weighted by molar-refractivity contribution is 7.89. The van der Waals surface area contributed by atoms with Crippen LogP contribution in [0, 0.1) is 18.8 Å². The van der Waals surface area contributed by atoms with Crippen LogP contribution in [-0.2, 0) is 24.4 Å². The molecule has 0 saturated carbocycles. The molecule has 1 aromatic rings. The van der Waals surface area contributed by atoms with E-state index in [9.17, 15) is 27.9 Å². The Morgan fingerprint density at radius 1 is 1.08 bits per heavy atom. The third-order valence-corrected chi connectivity index (χ3v) is 7.15. The minimum atomic E-state index is -4.30. The molecule has 4 aliphatic rings. The fourth-order valence-electron chi connectivity index (χ4n) is 3.94. The van der Waals surface area contributed by atoms with Gasteiger partial charge in [0.15, 0.2) is 5.60 Å². The highest BCUT2D eigenvalue weighted by Gasteiger charge is 2.69. The van der Waals surface area contributed by atoms with E-state index in [1.165, 1.54) is 25.3 Å². The first-order chi connectivity index (χ1) is 12.1. The maximum atomic E-state index is 13.0. The molecule has 1 unspecified atom stereocenters. The van der Waals surface area contributed by atoms with Crippen LogP contribution in [0.25, 0.3) is 0 Å². The number of aliphatic hydroxyl groups is 1. The lowest BCUT2D eigenvalue weighted by Crippen LogP contribution is -2.69. The average Bonchev–Trinajstić information content (AvgIpc) is 2.83. The fraction of sp³-hybridized carbons (Fsp3) is 0.353. The zero-order valence-electron chi connectivity index (χ0n) is 14.0. The molecule has 0 radical (unpaired) electrons. The van der Waals surface area contributed by atoms with Crippen molar-refractivity contribution in [3.63, 3.8) is 0 Å². The fourth-order valence-corrected chi connectivity index (χ4v) is 5.54. The van der Waals surface area contributed by atoms with Crippen LogP contribution >= 0.6 is 0 Å². The van der Waals surface area contributed by atoms with E-state index in [1.807, 2.05) is 0 Å². The number of hydrogen-bond donors (Lipinski definition) is 1. The molecule has 8 nitrogen and oxygen atoms in total. The second kappa shape index (κ2) is 5.01. The monoisotopic (exact) mass is 376 g/mol. The van der Waals surface area contributed by atoms with Gasteiger partial charge in [0.1, 0.15) is 0 Å². The normalized spacial score (nSPS) is 33.2. The molecule has 4 atom stereocenters. The van der Waals surface area contributed by atoms with Gasteiger partial charge in [0.2, 0.25) is 11.8 Å². The summed E-state index contributed by atoms with van der Waals surface area (Å²) in [7, 11) is -3.04. The second-order valence-corrected chi connectivity index (χ2v) is 8.65. The molecule has 2 bridgehead atoms. The molecule has 3 aliphatic heterocycles. The maximum Gasteiger partial charge on any atom is 0.273 e. The lowest BCUT2D eigenvalue weighted by Gasteiger charge is -2.48. The maximum absolute atomic E-state index is 13.0. The molecule has 2 saturated heterocycles. The van der Waals surface area contributed by atoms with Crippen LogP contribution < -0.4 is 0 Å². The molecule has 26 heavy (non-hydrogen) atoms. The van der Waals surface area contributed by atoms with Crippen molar-refractivity contribution in [1.82, 2.24) is 9.21 Å². The van der Waals surface area contributed by atoms with E-state index >= 15 is 0 Å². The molecular formula is C17H16N2O6S. The van der Waals surface area contributed by atoms with Crippen LogP contribution in [0.1, 0.15) is 5.56 Å². The van der Waals surface area contributed by atoms with Crippen molar-refractivity contribution >= 4 is 27.7 Å². The Bertz CT molecular complexity index is 983. The molecular weight excluding hydrogens is 360 g/mol. The summed E-state index contributed by atoms with van der Waals surface area (Å²) < 4.78 is 26.6. The molecule has 0 spiro atoms. The summed E-state index contributed by atoms with van der Waals surface area (Å²) in [4.78, 5) is 38.4. The molecule has 9 heteroatoms. The Labute approximate surface area is 149 Å². The molecule has 0 aromatic heterocycles. The van der Waals surface area contributed by atoms with Crippen LogP contribution in [0.2, 0.25) is 0 Å². The van der Waals surface area contributed by atoms with Gasteiger partial charge in [0.25, 0.3) is 15.9 Å². The zero-order valence-corrected chi connectivity index (χ0v) is 14.8. The van der Waals surface area contributed by atoms with Crippen molar-refractivity contribution in [3.05, 3.63) is 42.0 Å². The quantitative estimate of drug-likeness (QED) is 0.546. The summed E-state index contributed by atoms with van der Waals surface area (Å²) in [5.74, 6) is -4.82. The van der Waals surface area contributed by atoms with Gasteiger partial charge in [-0.05, 0) is 25.1 Å². The van der Waals surface area contributed by atoms with E-state index in [-0.39, 0.29) is 4.90 Å². The molecule has 5 rings (SSSR count). The van der Waals surface area contributed by atoms with Gasteiger partial charge in [0.05, 0.1) is 22.8 Å². The van der Waals surface area contributed by atoms with E-state index in [0.29, 0.717) is 4.31 Å². The number of piperidine rings is 1. The Kier molecular flexibility index (Phi) is 3.26. The minimum absolute atomic E-state index is 0.123. The Morgan fingerprint density at radius 2 is 1.69 bits per heavy atom. The van der Waals surface area contributed by atoms with E-state index in [4.69, 9.17) is 0 Å². The zero-order chi connectivity index (χ0) is 19.0. The van der Waals surface area contributed by atoms with Gasteiger partial charge < -0.3 is 5.11 Å². The largest absolute Gasteiger partial charge is 0.375 e. The smallest absolute Gasteiger partial charge is 0.273 e. The molecule has 1 aliphatic carbocycles. The van der Waals surface area contributed by atoms with Gasteiger partial charge >= 0.3 is 0 Å². The Morgan fingerprint density at radius 3 is 2.31 bits per heavy atom. The molecule has 136 valence electrons. The third-order valence-electron chi connectivity index (χ3n) is 5.35. The molecule has 3 amide bonds. The van der Waals surface area contributed by atoms with Crippen LogP contribution in [-0.4, -0.2) is 59.1 Å². The van der Waals surface area contributed by atoms with Crippen LogP contribution in [0.4, 0.5) is 0 Å². The number of amides is 3. The third kappa shape index (κ3) is 1.87. The first-order valence-electron chi connectivity index (χ1n) is 7.99. The molecule has 3 heterocycles. The highest BCUT2D eigenvalue weighted by Crippen LogP contribution is 2.49. The summed E-state index contributed by atoms with van der Waals surface area (Å²) in [6, 6.07) is 4.75. The topological polar surface area (TPSA) is 112 Å². The van der Waals surface area contributed by atoms with E-state index < -0.39 is 51.2 Å². The van der Waals surface area contributed by atoms with Crippen molar-refractivity contribution in [2.45, 2.75) is 23.5 Å². The standard InChI is InChI=1S/C17H16N2O6S/c1-9-3-5-10(6-4-9)26(24,25)19-11-7-8-17(23,16(19)22)13-12(11)14(20)18(2)15(13)21/h3-8,11-13,23H,1-2H3/t11?,12-,13+,17+/m0/s1. The second-order valence-electron chi connectivity index (χ2n) is 6.83. The van der Waals surface area contributed by atoms with Gasteiger partial charge in [-0.1, -0.05) is 23.8 Å². The number of benzene rings is 1. The summed E-state index contributed by atoms with van der Waals surface area (Å²) in [6.07, 6.45) is 2.45. The Balaban J connectivity index is 1.87. The van der Waals surface area contributed by atoms with Gasteiger partial charge in [-0.3, -0.25) is 19.3 Å².